The van der Waals surface area contributed by atoms with Gasteiger partial charge >= 0.3 is 0 Å². The van der Waals surface area contributed by atoms with E-state index in [0.717, 1.165) is 35.7 Å². The maximum Gasteiger partial charge on any atom is 0.257 e. The minimum Gasteiger partial charge on any atom is -0.356 e. The third-order valence-corrected chi connectivity index (χ3v) is 11.7. The molecule has 1 aliphatic carbocycles. The first-order chi connectivity index (χ1) is 25.2. The third-order valence-electron chi connectivity index (χ3n) is 11.7. The number of halogens is 10. The summed E-state index contributed by atoms with van der Waals surface area (Å²) in [7, 11) is 0. The summed E-state index contributed by atoms with van der Waals surface area (Å²) >= 11 is 0. The van der Waals surface area contributed by atoms with Crippen molar-refractivity contribution in [2.24, 2.45) is 11.8 Å². The summed E-state index contributed by atoms with van der Waals surface area (Å²) in [4.78, 5) is 2.10. The molecule has 1 saturated carbocycles. The Morgan fingerprint density at radius 1 is 0.623 bits per heavy atom. The highest BCUT2D eigenvalue weighted by Gasteiger charge is 2.62. The van der Waals surface area contributed by atoms with Gasteiger partial charge in [-0.2, -0.15) is 0 Å². The number of nitrogens with zero attached hydrogens (tertiary/aromatic N) is 1. The van der Waals surface area contributed by atoms with Gasteiger partial charge in [-0.3, -0.25) is 0 Å². The maximum atomic E-state index is 15.7. The molecule has 3 atom stereocenters. The fourth-order valence-electron chi connectivity index (χ4n) is 8.97. The van der Waals surface area contributed by atoms with Crippen molar-refractivity contribution in [3.05, 3.63) is 154 Å². The van der Waals surface area contributed by atoms with E-state index in [-0.39, 0.29) is 23.9 Å². The number of benzene rings is 5. The van der Waals surface area contributed by atoms with E-state index in [1.54, 1.807) is 0 Å². The van der Waals surface area contributed by atoms with E-state index in [4.69, 9.17) is 0 Å². The Balaban J connectivity index is 1.53. The van der Waals surface area contributed by atoms with Crippen molar-refractivity contribution < 1.29 is 43.9 Å². The van der Waals surface area contributed by atoms with Gasteiger partial charge in [0.15, 0.2) is 58.2 Å². The SMILES string of the molecule is CC(C)[C@@H]1CC[C@]2(C)c3ccccc3N(Cc3ccccc3B(c3c(F)c(F)c(F)c(F)c3F)c3c(F)c(F)c(F)c(F)c3F)[C@]2(c2ccccc2)C1. The third kappa shape index (κ3) is 5.29. The summed E-state index contributed by atoms with van der Waals surface area (Å²) in [5.74, 6) is -24.3. The number of rotatable bonds is 7. The first-order valence-corrected chi connectivity index (χ1v) is 17.2. The van der Waals surface area contributed by atoms with Gasteiger partial charge in [0.25, 0.3) is 6.71 Å². The first-order valence-electron chi connectivity index (χ1n) is 17.2. The molecule has 1 nitrogen and oxygen atoms in total. The normalized spacial score (nSPS) is 20.9. The van der Waals surface area contributed by atoms with Crippen LogP contribution < -0.4 is 21.3 Å². The number of fused-ring (bicyclic) bond motifs is 3. The molecular weight excluding hydrogens is 707 g/mol. The fourth-order valence-corrected chi connectivity index (χ4v) is 8.97. The van der Waals surface area contributed by atoms with Crippen molar-refractivity contribution >= 4 is 28.8 Å². The van der Waals surface area contributed by atoms with Gasteiger partial charge in [-0.1, -0.05) is 99.0 Å². The van der Waals surface area contributed by atoms with E-state index in [1.165, 1.54) is 18.2 Å². The highest BCUT2D eigenvalue weighted by Crippen LogP contribution is 2.65. The molecule has 1 heterocycles. The molecular formula is C41H32BF10N. The van der Waals surface area contributed by atoms with E-state index in [9.17, 15) is 26.3 Å². The van der Waals surface area contributed by atoms with Crippen LogP contribution in [0.4, 0.5) is 49.6 Å². The molecule has 0 saturated heterocycles. The lowest BCUT2D eigenvalue weighted by Gasteiger charge is -2.56. The Labute approximate surface area is 300 Å². The minimum atomic E-state index is -2.67. The van der Waals surface area contributed by atoms with Crippen LogP contribution in [0, 0.1) is 70.0 Å². The van der Waals surface area contributed by atoms with Gasteiger partial charge < -0.3 is 4.90 Å². The van der Waals surface area contributed by atoms with Gasteiger partial charge in [0, 0.05) is 28.6 Å². The van der Waals surface area contributed by atoms with Crippen LogP contribution >= 0.6 is 0 Å². The van der Waals surface area contributed by atoms with Crippen molar-refractivity contribution in [2.45, 2.75) is 57.5 Å². The van der Waals surface area contributed by atoms with E-state index < -0.39 is 92.2 Å². The van der Waals surface area contributed by atoms with Crippen molar-refractivity contribution in [3.63, 3.8) is 0 Å². The molecule has 274 valence electrons. The zero-order chi connectivity index (χ0) is 38.1. The van der Waals surface area contributed by atoms with Gasteiger partial charge in [0.2, 0.25) is 0 Å². The quantitative estimate of drug-likeness (QED) is 0.0697. The van der Waals surface area contributed by atoms with Gasteiger partial charge in [0.05, 0.1) is 5.54 Å². The monoisotopic (exact) mass is 739 g/mol. The summed E-state index contributed by atoms with van der Waals surface area (Å²) in [6.07, 6.45) is 2.31. The molecule has 0 radical (unpaired) electrons. The lowest BCUT2D eigenvalue weighted by molar-refractivity contribution is 0.0966. The van der Waals surface area contributed by atoms with E-state index >= 15 is 17.6 Å². The smallest absolute Gasteiger partial charge is 0.257 e. The molecule has 53 heavy (non-hydrogen) atoms. The average molecular weight is 740 g/mol. The zero-order valence-electron chi connectivity index (χ0n) is 28.8. The highest BCUT2D eigenvalue weighted by molar-refractivity contribution is 6.96. The van der Waals surface area contributed by atoms with Crippen LogP contribution in [-0.2, 0) is 17.5 Å². The molecule has 1 aliphatic heterocycles. The van der Waals surface area contributed by atoms with Gasteiger partial charge in [0.1, 0.15) is 0 Å². The van der Waals surface area contributed by atoms with Crippen molar-refractivity contribution in [1.82, 2.24) is 0 Å². The van der Waals surface area contributed by atoms with Gasteiger partial charge in [-0.25, -0.2) is 43.9 Å². The number of hydrogen-bond acceptors (Lipinski definition) is 1. The van der Waals surface area contributed by atoms with Crippen LogP contribution in [0.3, 0.4) is 0 Å². The second kappa shape index (κ2) is 13.3. The minimum absolute atomic E-state index is 0.0893. The average Bonchev–Trinajstić information content (AvgIpc) is 3.39. The molecule has 7 rings (SSSR count). The molecule has 0 bridgehead atoms. The molecule has 0 aromatic heterocycles. The predicted molar refractivity (Wildman–Crippen MR) is 184 cm³/mol. The number of anilines is 1. The maximum absolute atomic E-state index is 15.7. The number of para-hydroxylation sites is 1. The number of hydrogen-bond donors (Lipinski definition) is 0. The Kier molecular flexibility index (Phi) is 9.18. The summed E-state index contributed by atoms with van der Waals surface area (Å²) in [5, 5.41) is 0. The second-order valence-electron chi connectivity index (χ2n) is 14.5. The molecule has 1 fully saturated rings. The lowest BCUT2D eigenvalue weighted by Crippen LogP contribution is -2.60. The standard InChI is InChI=1S/C41H32BF10N/c1-21(2)22-17-18-40(3)25-14-8-10-16-27(25)53(41(40,19-22)24-12-5-4-6-13-24)20-23-11-7-9-15-26(23)42(28-30(43)34(47)38(51)35(48)31(28)44)29-32(45)36(49)39(52)37(50)33(29)46/h4-16,21-22H,17-20H2,1-3H3/t22-,40-,41+/m1/s1. The predicted octanol–water partition coefficient (Wildman–Crippen LogP) is 9.22. The van der Waals surface area contributed by atoms with Crippen molar-refractivity contribution in [3.8, 4) is 0 Å². The largest absolute Gasteiger partial charge is 0.356 e. The van der Waals surface area contributed by atoms with Crippen LogP contribution in [0.25, 0.3) is 0 Å². The van der Waals surface area contributed by atoms with E-state index in [0.29, 0.717) is 6.42 Å². The molecule has 0 spiro atoms. The molecule has 5 aromatic carbocycles. The van der Waals surface area contributed by atoms with Crippen LogP contribution in [0.15, 0.2) is 78.9 Å². The van der Waals surface area contributed by atoms with Crippen LogP contribution in [0.1, 0.15) is 56.7 Å². The van der Waals surface area contributed by atoms with E-state index in [1.807, 2.05) is 54.6 Å². The Hall–Kier alpha value is -4.74. The molecule has 0 unspecified atom stereocenters. The topological polar surface area (TPSA) is 3.24 Å². The van der Waals surface area contributed by atoms with E-state index in [2.05, 4.69) is 25.7 Å². The summed E-state index contributed by atoms with van der Waals surface area (Å²) in [6, 6.07) is 22.7. The van der Waals surface area contributed by atoms with Crippen molar-refractivity contribution in [2.75, 3.05) is 4.90 Å². The first kappa shape index (κ1) is 36.6. The van der Waals surface area contributed by atoms with Crippen molar-refractivity contribution in [1.29, 1.82) is 0 Å². The molecule has 5 aromatic rings. The molecule has 0 amide bonds. The Morgan fingerprint density at radius 2 is 1.09 bits per heavy atom. The van der Waals surface area contributed by atoms with Crippen LogP contribution in [0.2, 0.25) is 0 Å². The van der Waals surface area contributed by atoms with Gasteiger partial charge in [-0.05, 0) is 53.9 Å². The zero-order valence-corrected chi connectivity index (χ0v) is 28.8. The summed E-state index contributed by atoms with van der Waals surface area (Å²) in [5.41, 5.74) is -2.45. The van der Waals surface area contributed by atoms with Gasteiger partial charge in [-0.15, -0.1) is 0 Å². The van der Waals surface area contributed by atoms with Crippen LogP contribution in [0.5, 0.6) is 0 Å². The highest BCUT2D eigenvalue weighted by atomic mass is 19.2. The molecule has 0 N–H and O–H groups in total. The molecule has 2 aliphatic rings. The lowest BCUT2D eigenvalue weighted by atomic mass is 9.35. The van der Waals surface area contributed by atoms with Crippen LogP contribution in [-0.4, -0.2) is 6.71 Å². The second-order valence-corrected chi connectivity index (χ2v) is 14.5. The molecule has 12 heteroatoms. The summed E-state index contributed by atoms with van der Waals surface area (Å²) < 4.78 is 151. The summed E-state index contributed by atoms with van der Waals surface area (Å²) in [6.45, 7) is 3.60. The Bertz CT molecular complexity index is 2120. The fraction of sp³-hybridized carbons (Fsp3) is 0.268. The Morgan fingerprint density at radius 3 is 1.64 bits per heavy atom.